The molecule has 0 radical (unpaired) electrons. The minimum absolute atomic E-state index is 0.108. The molecule has 0 bridgehead atoms. The maximum atomic E-state index is 11.9. The van der Waals surface area contributed by atoms with Crippen LogP contribution in [0.15, 0.2) is 36.4 Å². The molecule has 1 aromatic rings. The van der Waals surface area contributed by atoms with E-state index in [2.05, 4.69) is 21.3 Å². The van der Waals surface area contributed by atoms with Crippen molar-refractivity contribution in [2.75, 3.05) is 18.9 Å². The fourth-order valence-electron chi connectivity index (χ4n) is 2.48. The highest BCUT2D eigenvalue weighted by atomic mass is 16.5. The number of carbonyl (C=O) groups excluding carboxylic acids is 4. The maximum Gasteiger partial charge on any atom is 0.293 e. The van der Waals surface area contributed by atoms with E-state index < -0.39 is 0 Å². The molecule has 28 heavy (non-hydrogen) atoms. The van der Waals surface area contributed by atoms with Gasteiger partial charge >= 0.3 is 0 Å². The number of nitrogens with one attached hydrogen (secondary N) is 2. The molecule has 1 aliphatic heterocycles. The highest BCUT2D eigenvalue weighted by Crippen LogP contribution is 2.13. The Hall–Kier alpha value is -3.04. The van der Waals surface area contributed by atoms with Crippen molar-refractivity contribution in [3.05, 3.63) is 42.0 Å². The number of ether oxygens (including phenoxy) is 1. The number of imide groups is 1. The number of nitrogens with two attached hydrogens (primary N) is 1. The fraction of sp³-hybridized carbons (Fsp3) is 0.368. The highest BCUT2D eigenvalue weighted by molar-refractivity contribution is 6.12. The molecule has 0 aliphatic carbocycles. The summed E-state index contributed by atoms with van der Waals surface area (Å²) in [7, 11) is 1.65. The quantitative estimate of drug-likeness (QED) is 0.178. The van der Waals surface area contributed by atoms with Crippen molar-refractivity contribution in [3.8, 4) is 0 Å². The van der Waals surface area contributed by atoms with Crippen molar-refractivity contribution in [2.24, 2.45) is 5.84 Å². The van der Waals surface area contributed by atoms with E-state index in [0.717, 1.165) is 12.0 Å². The largest absolute Gasteiger partial charge is 0.463 e. The molecule has 0 unspecified atom stereocenters. The van der Waals surface area contributed by atoms with Crippen LogP contribution in [0.2, 0.25) is 0 Å². The van der Waals surface area contributed by atoms with E-state index in [1.165, 1.54) is 17.1 Å². The summed E-state index contributed by atoms with van der Waals surface area (Å²) in [5.74, 6) is 3.94. The zero-order valence-corrected chi connectivity index (χ0v) is 15.8. The lowest BCUT2D eigenvalue weighted by molar-refractivity contribution is -0.137. The fourth-order valence-corrected chi connectivity index (χ4v) is 2.48. The first-order valence-electron chi connectivity index (χ1n) is 8.86. The SMILES string of the molecule is CNN.O=COCc1cccc(NC(=O)CCCCCN2C(=O)C=CC2=O)c1. The third kappa shape index (κ3) is 8.56. The molecule has 0 aromatic heterocycles. The molecular formula is C19H26N4O5. The second-order valence-corrected chi connectivity index (χ2v) is 5.92. The van der Waals surface area contributed by atoms with Crippen LogP contribution in [0, 0.1) is 0 Å². The van der Waals surface area contributed by atoms with Crippen LogP contribution in [0.3, 0.4) is 0 Å². The van der Waals surface area contributed by atoms with Crippen molar-refractivity contribution in [2.45, 2.75) is 32.3 Å². The first kappa shape index (κ1) is 23.0. The molecule has 0 spiro atoms. The Morgan fingerprint density at radius 3 is 2.50 bits per heavy atom. The summed E-state index contributed by atoms with van der Waals surface area (Å²) in [4.78, 5) is 46.1. The van der Waals surface area contributed by atoms with E-state index in [-0.39, 0.29) is 24.3 Å². The number of hydrazine groups is 1. The zero-order chi connectivity index (χ0) is 20.8. The number of hydrogen-bond donors (Lipinski definition) is 3. The molecule has 9 heteroatoms. The van der Waals surface area contributed by atoms with Crippen molar-refractivity contribution >= 4 is 29.9 Å². The molecule has 0 atom stereocenters. The predicted molar refractivity (Wildman–Crippen MR) is 103 cm³/mol. The van der Waals surface area contributed by atoms with Crippen molar-refractivity contribution in [1.82, 2.24) is 10.3 Å². The van der Waals surface area contributed by atoms with Gasteiger partial charge in [0.25, 0.3) is 18.3 Å². The Bertz CT molecular complexity index is 687. The molecule has 152 valence electrons. The number of nitrogens with zero attached hydrogens (tertiary/aromatic N) is 1. The minimum atomic E-state index is -0.277. The third-order valence-electron chi connectivity index (χ3n) is 3.71. The van der Waals surface area contributed by atoms with E-state index in [1.807, 2.05) is 0 Å². The molecule has 1 aromatic carbocycles. The third-order valence-corrected chi connectivity index (χ3v) is 3.71. The monoisotopic (exact) mass is 390 g/mol. The molecule has 0 saturated carbocycles. The number of unbranched alkanes of at least 4 members (excludes halogenated alkanes) is 2. The van der Waals surface area contributed by atoms with Gasteiger partial charge < -0.3 is 10.1 Å². The van der Waals surface area contributed by atoms with Crippen molar-refractivity contribution in [3.63, 3.8) is 0 Å². The van der Waals surface area contributed by atoms with Gasteiger partial charge in [-0.1, -0.05) is 18.6 Å². The van der Waals surface area contributed by atoms with Gasteiger partial charge in [0.05, 0.1) is 0 Å². The predicted octanol–water partition coefficient (Wildman–Crippen LogP) is 0.863. The summed E-state index contributed by atoms with van der Waals surface area (Å²) in [6.07, 6.45) is 4.98. The molecule has 9 nitrogen and oxygen atoms in total. The molecule has 1 heterocycles. The Balaban J connectivity index is 0.00000122. The molecular weight excluding hydrogens is 364 g/mol. The van der Waals surface area contributed by atoms with Crippen LogP contribution in [-0.2, 0) is 30.5 Å². The Morgan fingerprint density at radius 1 is 1.18 bits per heavy atom. The van der Waals surface area contributed by atoms with Crippen LogP contribution in [0.5, 0.6) is 0 Å². The van der Waals surface area contributed by atoms with Crippen LogP contribution < -0.4 is 16.6 Å². The van der Waals surface area contributed by atoms with Crippen LogP contribution >= 0.6 is 0 Å². The number of amides is 3. The number of carbonyl (C=O) groups is 4. The summed E-state index contributed by atoms with van der Waals surface area (Å²) in [5.41, 5.74) is 3.69. The average molecular weight is 390 g/mol. The highest BCUT2D eigenvalue weighted by Gasteiger charge is 2.22. The number of benzene rings is 1. The number of rotatable bonds is 10. The molecule has 0 fully saturated rings. The molecule has 1 aliphatic rings. The lowest BCUT2D eigenvalue weighted by atomic mass is 10.1. The van der Waals surface area contributed by atoms with E-state index in [0.29, 0.717) is 38.0 Å². The number of hydrogen-bond acceptors (Lipinski definition) is 7. The summed E-state index contributed by atoms with van der Waals surface area (Å²) in [6, 6.07) is 7.09. The second-order valence-electron chi connectivity index (χ2n) is 5.92. The maximum absolute atomic E-state index is 11.9. The first-order chi connectivity index (χ1) is 13.5. The summed E-state index contributed by atoms with van der Waals surface area (Å²) in [5, 5.41) is 2.79. The van der Waals surface area contributed by atoms with E-state index in [1.54, 1.807) is 31.3 Å². The van der Waals surface area contributed by atoms with Gasteiger partial charge in [0.15, 0.2) is 0 Å². The average Bonchev–Trinajstić information content (AvgIpc) is 2.99. The first-order valence-corrected chi connectivity index (χ1v) is 8.86. The van der Waals surface area contributed by atoms with Gasteiger partial charge in [0.1, 0.15) is 6.61 Å². The van der Waals surface area contributed by atoms with Gasteiger partial charge in [0, 0.05) is 30.8 Å². The number of anilines is 1. The summed E-state index contributed by atoms with van der Waals surface area (Å²) < 4.78 is 4.68. The van der Waals surface area contributed by atoms with Crippen LogP contribution in [0.1, 0.15) is 31.2 Å². The summed E-state index contributed by atoms with van der Waals surface area (Å²) in [6.45, 7) is 0.922. The lowest BCUT2D eigenvalue weighted by Crippen LogP contribution is -2.30. The molecule has 2 rings (SSSR count). The second kappa shape index (κ2) is 13.2. The van der Waals surface area contributed by atoms with Gasteiger partial charge in [-0.05, 0) is 37.6 Å². The van der Waals surface area contributed by atoms with Crippen molar-refractivity contribution in [1.29, 1.82) is 0 Å². The Kier molecular flexibility index (Phi) is 10.8. The lowest BCUT2D eigenvalue weighted by Gasteiger charge is -2.13. The smallest absolute Gasteiger partial charge is 0.293 e. The van der Waals surface area contributed by atoms with Gasteiger partial charge in [-0.15, -0.1) is 0 Å². The Morgan fingerprint density at radius 2 is 1.86 bits per heavy atom. The van der Waals surface area contributed by atoms with Gasteiger partial charge in [0.2, 0.25) is 5.91 Å². The topological polar surface area (TPSA) is 131 Å². The zero-order valence-electron chi connectivity index (χ0n) is 15.8. The molecule has 3 amide bonds. The van der Waals surface area contributed by atoms with Crippen molar-refractivity contribution < 1.29 is 23.9 Å². The molecule has 0 saturated heterocycles. The van der Waals surface area contributed by atoms with Gasteiger partial charge in [-0.3, -0.25) is 35.3 Å². The normalized spacial score (nSPS) is 12.4. The standard InChI is InChI=1S/C18H20N2O5.CH6N2/c21-13-25-12-14-5-4-6-15(11-14)19-16(22)7-2-1-3-10-20-17(23)8-9-18(20)24;1-3-2/h4-6,8-9,11,13H,1-3,7,10,12H2,(H,19,22);3H,2H2,1H3. The van der Waals surface area contributed by atoms with Crippen LogP contribution in [0.25, 0.3) is 0 Å². The van der Waals surface area contributed by atoms with Crippen LogP contribution in [-0.4, -0.2) is 42.7 Å². The van der Waals surface area contributed by atoms with Gasteiger partial charge in [-0.2, -0.15) is 0 Å². The van der Waals surface area contributed by atoms with Crippen LogP contribution in [0.4, 0.5) is 5.69 Å². The van der Waals surface area contributed by atoms with E-state index >= 15 is 0 Å². The minimum Gasteiger partial charge on any atom is -0.463 e. The molecule has 4 N–H and O–H groups in total. The summed E-state index contributed by atoms with van der Waals surface area (Å²) >= 11 is 0. The van der Waals surface area contributed by atoms with Gasteiger partial charge in [-0.25, -0.2) is 0 Å². The Labute approximate surface area is 163 Å². The van der Waals surface area contributed by atoms with E-state index in [4.69, 9.17) is 0 Å². The van der Waals surface area contributed by atoms with E-state index in [9.17, 15) is 19.2 Å².